The van der Waals surface area contributed by atoms with E-state index in [0.29, 0.717) is 5.92 Å². The highest BCUT2D eigenvalue weighted by molar-refractivity contribution is 7.99. The van der Waals surface area contributed by atoms with Crippen molar-refractivity contribution in [3.63, 3.8) is 0 Å². The molecule has 8 heteroatoms. The first-order valence-electron chi connectivity index (χ1n) is 10.6. The summed E-state index contributed by atoms with van der Waals surface area (Å²) in [4.78, 5) is 12.9. The van der Waals surface area contributed by atoms with Gasteiger partial charge in [-0.05, 0) is 43.9 Å². The van der Waals surface area contributed by atoms with Gasteiger partial charge in [0.15, 0.2) is 0 Å². The number of carbonyl (C=O) groups is 1. The number of unbranched alkanes of at least 4 members (excludes halogenated alkanes) is 1. The van der Waals surface area contributed by atoms with Gasteiger partial charge in [-0.15, -0.1) is 11.8 Å². The van der Waals surface area contributed by atoms with Crippen LogP contribution in [-0.2, 0) is 9.53 Å². The maximum absolute atomic E-state index is 12.9. The van der Waals surface area contributed by atoms with Crippen molar-refractivity contribution in [3.8, 4) is 0 Å². The molecule has 0 aromatic carbocycles. The Kier molecular flexibility index (Phi) is 9.50. The van der Waals surface area contributed by atoms with Gasteiger partial charge in [0.1, 0.15) is 29.9 Å². The minimum atomic E-state index is -1.30. The van der Waals surface area contributed by atoms with Crippen LogP contribution >= 0.6 is 11.8 Å². The minimum absolute atomic E-state index is 0.00515. The Morgan fingerprint density at radius 3 is 2.46 bits per heavy atom. The van der Waals surface area contributed by atoms with E-state index < -0.39 is 35.9 Å². The molecule has 0 aromatic heterocycles. The van der Waals surface area contributed by atoms with E-state index in [2.05, 4.69) is 17.6 Å². The van der Waals surface area contributed by atoms with Crippen LogP contribution in [0.5, 0.6) is 0 Å². The third kappa shape index (κ3) is 5.83. The van der Waals surface area contributed by atoms with Gasteiger partial charge in [-0.2, -0.15) is 0 Å². The fourth-order valence-corrected chi connectivity index (χ4v) is 4.82. The largest absolute Gasteiger partial charge is 0.388 e. The molecule has 164 valence electrons. The highest BCUT2D eigenvalue weighted by Gasteiger charge is 2.47. The number of amides is 1. The third-order valence-corrected chi connectivity index (χ3v) is 6.87. The number of ether oxygens (including phenoxy) is 1. The first kappa shape index (κ1) is 23.9. The summed E-state index contributed by atoms with van der Waals surface area (Å²) in [7, 11) is 0. The van der Waals surface area contributed by atoms with Crippen molar-refractivity contribution in [1.82, 2.24) is 10.6 Å². The van der Waals surface area contributed by atoms with Crippen LogP contribution in [0.4, 0.5) is 0 Å². The topological polar surface area (TPSA) is 111 Å². The Bertz CT molecular complexity index is 485. The molecule has 8 atom stereocenters. The lowest BCUT2D eigenvalue weighted by Crippen LogP contribution is -2.65. The van der Waals surface area contributed by atoms with E-state index in [4.69, 9.17) is 4.74 Å². The normalized spacial score (nSPS) is 37.6. The van der Waals surface area contributed by atoms with Crippen LogP contribution in [0.3, 0.4) is 0 Å². The van der Waals surface area contributed by atoms with Crippen LogP contribution in [-0.4, -0.2) is 76.0 Å². The number of thioether (sulfide) groups is 1. The lowest BCUT2D eigenvalue weighted by molar-refractivity contribution is -0.208. The Balaban J connectivity index is 1.98. The van der Waals surface area contributed by atoms with E-state index in [9.17, 15) is 20.1 Å². The molecule has 7 nitrogen and oxygen atoms in total. The van der Waals surface area contributed by atoms with Crippen LogP contribution in [0.15, 0.2) is 0 Å². The average molecular weight is 419 g/mol. The molecule has 0 saturated carbocycles. The van der Waals surface area contributed by atoms with Gasteiger partial charge in [0.05, 0.1) is 12.1 Å². The Morgan fingerprint density at radius 2 is 1.93 bits per heavy atom. The molecule has 28 heavy (non-hydrogen) atoms. The van der Waals surface area contributed by atoms with Gasteiger partial charge in [0.25, 0.3) is 0 Å². The van der Waals surface area contributed by atoms with Gasteiger partial charge >= 0.3 is 0 Å². The molecular formula is C20H38N2O5S. The molecule has 0 radical (unpaired) electrons. The SMILES string of the molecule is CCCCC1CCC(C(=O)NC(C(C)C)C2OC(SC)C(O)C(O)C2O)NC1. The zero-order valence-corrected chi connectivity index (χ0v) is 18.3. The average Bonchev–Trinajstić information content (AvgIpc) is 2.69. The third-order valence-electron chi connectivity index (χ3n) is 6.02. The summed E-state index contributed by atoms with van der Waals surface area (Å²) in [6.07, 6.45) is 2.73. The van der Waals surface area contributed by atoms with Crippen molar-refractivity contribution in [3.05, 3.63) is 0 Å². The van der Waals surface area contributed by atoms with E-state index >= 15 is 0 Å². The van der Waals surface area contributed by atoms with Crippen molar-refractivity contribution in [2.45, 2.75) is 94.8 Å². The molecule has 2 aliphatic rings. The second-order valence-corrected chi connectivity index (χ2v) is 9.44. The van der Waals surface area contributed by atoms with Crippen LogP contribution < -0.4 is 10.6 Å². The Hall–Kier alpha value is -0.380. The van der Waals surface area contributed by atoms with Gasteiger partial charge in [0.2, 0.25) is 5.91 Å². The van der Waals surface area contributed by atoms with Crippen LogP contribution in [0, 0.1) is 11.8 Å². The maximum Gasteiger partial charge on any atom is 0.237 e. The molecule has 0 aliphatic carbocycles. The van der Waals surface area contributed by atoms with E-state index in [1.54, 1.807) is 6.26 Å². The predicted molar refractivity (Wildman–Crippen MR) is 111 cm³/mol. The summed E-state index contributed by atoms with van der Waals surface area (Å²) in [5.74, 6) is 0.534. The molecule has 2 aliphatic heterocycles. The summed E-state index contributed by atoms with van der Waals surface area (Å²) in [6.45, 7) is 6.94. The zero-order chi connectivity index (χ0) is 20.8. The van der Waals surface area contributed by atoms with Crippen molar-refractivity contribution in [2.75, 3.05) is 12.8 Å². The number of hydrogen-bond acceptors (Lipinski definition) is 7. The summed E-state index contributed by atoms with van der Waals surface area (Å²) >= 11 is 1.28. The summed E-state index contributed by atoms with van der Waals surface area (Å²) in [5.41, 5.74) is -0.645. The number of rotatable bonds is 8. The first-order chi connectivity index (χ1) is 13.3. The first-order valence-corrected chi connectivity index (χ1v) is 11.8. The van der Waals surface area contributed by atoms with Crippen molar-refractivity contribution in [2.24, 2.45) is 11.8 Å². The molecule has 5 N–H and O–H groups in total. The second kappa shape index (κ2) is 11.1. The highest BCUT2D eigenvalue weighted by atomic mass is 32.2. The number of nitrogens with one attached hydrogen (secondary N) is 2. The molecule has 2 saturated heterocycles. The fourth-order valence-electron chi connectivity index (χ4n) is 4.14. The smallest absolute Gasteiger partial charge is 0.237 e. The summed E-state index contributed by atoms with van der Waals surface area (Å²) in [5, 5.41) is 37.1. The molecule has 2 rings (SSSR count). The van der Waals surface area contributed by atoms with Crippen LogP contribution in [0.2, 0.25) is 0 Å². The van der Waals surface area contributed by atoms with Crippen LogP contribution in [0.25, 0.3) is 0 Å². The van der Waals surface area contributed by atoms with E-state index in [-0.39, 0.29) is 17.9 Å². The highest BCUT2D eigenvalue weighted by Crippen LogP contribution is 2.30. The fraction of sp³-hybridized carbons (Fsp3) is 0.950. The molecule has 0 aromatic rings. The van der Waals surface area contributed by atoms with Crippen molar-refractivity contribution >= 4 is 17.7 Å². The van der Waals surface area contributed by atoms with E-state index in [1.807, 2.05) is 13.8 Å². The molecular weight excluding hydrogens is 380 g/mol. The summed E-state index contributed by atoms with van der Waals surface area (Å²) in [6, 6.07) is -0.703. The lowest BCUT2D eigenvalue weighted by atomic mass is 9.87. The maximum atomic E-state index is 12.9. The molecule has 0 bridgehead atoms. The lowest BCUT2D eigenvalue weighted by Gasteiger charge is -2.44. The number of aliphatic hydroxyl groups excluding tert-OH is 3. The van der Waals surface area contributed by atoms with Gasteiger partial charge < -0.3 is 30.7 Å². The molecule has 1 amide bonds. The number of carbonyl (C=O) groups excluding carboxylic acids is 1. The quantitative estimate of drug-likeness (QED) is 0.397. The molecule has 2 fully saturated rings. The number of piperidine rings is 1. The molecule has 0 spiro atoms. The Labute approximate surface area is 173 Å². The van der Waals surface area contributed by atoms with Crippen LogP contribution in [0.1, 0.15) is 52.9 Å². The number of hydrogen-bond donors (Lipinski definition) is 5. The van der Waals surface area contributed by atoms with Gasteiger partial charge in [-0.1, -0.05) is 33.6 Å². The number of aliphatic hydroxyl groups is 3. The van der Waals surface area contributed by atoms with Gasteiger partial charge in [-0.25, -0.2) is 0 Å². The monoisotopic (exact) mass is 418 g/mol. The van der Waals surface area contributed by atoms with Gasteiger partial charge in [0, 0.05) is 0 Å². The van der Waals surface area contributed by atoms with E-state index in [1.165, 1.54) is 31.0 Å². The summed E-state index contributed by atoms with van der Waals surface area (Å²) < 4.78 is 5.87. The van der Waals surface area contributed by atoms with Crippen molar-refractivity contribution in [1.29, 1.82) is 0 Å². The Morgan fingerprint density at radius 1 is 1.21 bits per heavy atom. The zero-order valence-electron chi connectivity index (χ0n) is 17.5. The predicted octanol–water partition coefficient (Wildman–Crippen LogP) is 0.856. The molecule has 2 heterocycles. The van der Waals surface area contributed by atoms with Crippen molar-refractivity contribution < 1.29 is 24.9 Å². The standard InChI is InChI=1S/C20H38N2O5S/c1-5-6-7-12-8-9-13(21-10-12)19(26)22-14(11(2)3)18-16(24)15(23)17(25)20(27-18)28-4/h11-18,20-21,23-25H,5-10H2,1-4H3,(H,22,26). The van der Waals surface area contributed by atoms with E-state index in [0.717, 1.165) is 19.4 Å². The minimum Gasteiger partial charge on any atom is -0.388 e. The second-order valence-electron chi connectivity index (χ2n) is 8.50. The molecule has 8 unspecified atom stereocenters. The van der Waals surface area contributed by atoms with Gasteiger partial charge in [-0.3, -0.25) is 4.79 Å².